The zero-order chi connectivity index (χ0) is 13.2. The highest BCUT2D eigenvalue weighted by molar-refractivity contribution is 6.33. The standard InChI is InChI=1S/C13H16ClN5/c14-12-7-10(15)5-6-11(12)13-16-17-18-19(13)8-9-3-1-2-4-9/h5-7,9H,1-4,8,15H2. The van der Waals surface area contributed by atoms with Crippen molar-refractivity contribution in [1.29, 1.82) is 0 Å². The van der Waals surface area contributed by atoms with Crippen LogP contribution in [0.3, 0.4) is 0 Å². The van der Waals surface area contributed by atoms with Gasteiger partial charge >= 0.3 is 0 Å². The molecular formula is C13H16ClN5. The molecule has 5 nitrogen and oxygen atoms in total. The Hall–Kier alpha value is -1.62. The molecule has 0 atom stereocenters. The van der Waals surface area contributed by atoms with E-state index in [0.29, 0.717) is 16.6 Å². The highest BCUT2D eigenvalue weighted by atomic mass is 35.5. The van der Waals surface area contributed by atoms with Gasteiger partial charge in [0.1, 0.15) is 0 Å². The Labute approximate surface area is 116 Å². The fourth-order valence-corrected chi connectivity index (χ4v) is 2.94. The summed E-state index contributed by atoms with van der Waals surface area (Å²) in [6.45, 7) is 0.864. The summed E-state index contributed by atoms with van der Waals surface area (Å²) in [5, 5.41) is 12.5. The van der Waals surface area contributed by atoms with Crippen LogP contribution in [-0.4, -0.2) is 20.2 Å². The minimum absolute atomic E-state index is 0.586. The fraction of sp³-hybridized carbons (Fsp3) is 0.462. The first-order valence-corrected chi connectivity index (χ1v) is 6.93. The molecule has 2 aromatic rings. The molecule has 0 saturated heterocycles. The van der Waals surface area contributed by atoms with E-state index in [1.54, 1.807) is 6.07 Å². The molecule has 2 N–H and O–H groups in total. The summed E-state index contributed by atoms with van der Waals surface area (Å²) >= 11 is 6.22. The van der Waals surface area contributed by atoms with E-state index in [4.69, 9.17) is 17.3 Å². The van der Waals surface area contributed by atoms with Gasteiger partial charge in [0.05, 0.1) is 5.02 Å². The van der Waals surface area contributed by atoms with Crippen LogP contribution in [0, 0.1) is 5.92 Å². The van der Waals surface area contributed by atoms with E-state index in [1.807, 2.05) is 16.8 Å². The molecule has 3 rings (SSSR count). The third-order valence-electron chi connectivity index (χ3n) is 3.67. The summed E-state index contributed by atoms with van der Waals surface area (Å²) < 4.78 is 1.85. The van der Waals surface area contributed by atoms with Crippen LogP contribution in [0.25, 0.3) is 11.4 Å². The van der Waals surface area contributed by atoms with Gasteiger partial charge in [0.15, 0.2) is 5.82 Å². The first-order chi connectivity index (χ1) is 9.24. The van der Waals surface area contributed by atoms with Gasteiger partial charge in [-0.3, -0.25) is 0 Å². The Morgan fingerprint density at radius 1 is 1.32 bits per heavy atom. The molecular weight excluding hydrogens is 262 g/mol. The zero-order valence-electron chi connectivity index (χ0n) is 10.6. The number of tetrazole rings is 1. The molecule has 1 aliphatic carbocycles. The van der Waals surface area contributed by atoms with Gasteiger partial charge in [-0.2, -0.15) is 0 Å². The number of benzene rings is 1. The smallest absolute Gasteiger partial charge is 0.183 e. The third-order valence-corrected chi connectivity index (χ3v) is 3.98. The molecule has 0 bridgehead atoms. The third kappa shape index (κ3) is 2.56. The van der Waals surface area contributed by atoms with E-state index >= 15 is 0 Å². The molecule has 1 aromatic carbocycles. The minimum Gasteiger partial charge on any atom is -0.399 e. The van der Waals surface area contributed by atoms with Crippen molar-refractivity contribution in [1.82, 2.24) is 20.2 Å². The molecule has 0 amide bonds. The number of nitrogens with zero attached hydrogens (tertiary/aromatic N) is 4. The van der Waals surface area contributed by atoms with Crippen LogP contribution in [0.4, 0.5) is 5.69 Å². The maximum atomic E-state index is 6.22. The van der Waals surface area contributed by atoms with E-state index in [2.05, 4.69) is 15.5 Å². The summed E-state index contributed by atoms with van der Waals surface area (Å²) in [4.78, 5) is 0. The number of hydrogen-bond donors (Lipinski definition) is 1. The van der Waals surface area contributed by atoms with Crippen molar-refractivity contribution in [2.24, 2.45) is 5.92 Å². The average molecular weight is 278 g/mol. The molecule has 0 radical (unpaired) electrons. The lowest BCUT2D eigenvalue weighted by Crippen LogP contribution is -2.10. The van der Waals surface area contributed by atoms with Crippen molar-refractivity contribution in [3.05, 3.63) is 23.2 Å². The maximum absolute atomic E-state index is 6.22. The Bertz CT molecular complexity index is 574. The van der Waals surface area contributed by atoms with Crippen molar-refractivity contribution in [3.63, 3.8) is 0 Å². The van der Waals surface area contributed by atoms with Gasteiger partial charge in [-0.15, -0.1) is 5.10 Å². The van der Waals surface area contributed by atoms with Crippen LogP contribution in [0.2, 0.25) is 5.02 Å². The second-order valence-corrected chi connectivity index (χ2v) is 5.48. The maximum Gasteiger partial charge on any atom is 0.183 e. The minimum atomic E-state index is 0.586. The van der Waals surface area contributed by atoms with Crippen LogP contribution in [-0.2, 0) is 6.54 Å². The van der Waals surface area contributed by atoms with E-state index < -0.39 is 0 Å². The first-order valence-electron chi connectivity index (χ1n) is 6.55. The predicted octanol–water partition coefficient (Wildman–Crippen LogP) is 2.77. The number of nitrogens with two attached hydrogens (primary N) is 1. The number of hydrogen-bond acceptors (Lipinski definition) is 4. The number of halogens is 1. The van der Waals surface area contributed by atoms with Crippen LogP contribution in [0.15, 0.2) is 18.2 Å². The van der Waals surface area contributed by atoms with Gasteiger partial charge in [0.25, 0.3) is 0 Å². The first kappa shape index (κ1) is 12.4. The van der Waals surface area contributed by atoms with Crippen molar-refractivity contribution in [2.75, 3.05) is 5.73 Å². The highest BCUT2D eigenvalue weighted by Gasteiger charge is 2.19. The summed E-state index contributed by atoms with van der Waals surface area (Å²) in [7, 11) is 0. The number of aromatic nitrogens is 4. The largest absolute Gasteiger partial charge is 0.399 e. The predicted molar refractivity (Wildman–Crippen MR) is 74.6 cm³/mol. The lowest BCUT2D eigenvalue weighted by atomic mass is 10.1. The van der Waals surface area contributed by atoms with Gasteiger partial charge in [-0.05, 0) is 47.4 Å². The van der Waals surface area contributed by atoms with Crippen LogP contribution in [0.5, 0.6) is 0 Å². The van der Waals surface area contributed by atoms with E-state index in [0.717, 1.165) is 17.9 Å². The Morgan fingerprint density at radius 3 is 2.84 bits per heavy atom. The van der Waals surface area contributed by atoms with Crippen molar-refractivity contribution in [3.8, 4) is 11.4 Å². The fourth-order valence-electron chi connectivity index (χ4n) is 2.67. The number of rotatable bonds is 3. The number of anilines is 1. The quantitative estimate of drug-likeness (QED) is 0.876. The summed E-state index contributed by atoms with van der Waals surface area (Å²) in [5.74, 6) is 1.40. The molecule has 1 aliphatic rings. The van der Waals surface area contributed by atoms with Gasteiger partial charge < -0.3 is 5.73 Å². The molecule has 1 saturated carbocycles. The van der Waals surface area contributed by atoms with Gasteiger partial charge in [0, 0.05) is 17.8 Å². The SMILES string of the molecule is Nc1ccc(-c2nnnn2CC2CCCC2)c(Cl)c1. The molecule has 0 aliphatic heterocycles. The Morgan fingerprint density at radius 2 is 2.11 bits per heavy atom. The van der Waals surface area contributed by atoms with E-state index in [-0.39, 0.29) is 0 Å². The van der Waals surface area contributed by atoms with Crippen molar-refractivity contribution in [2.45, 2.75) is 32.2 Å². The molecule has 0 spiro atoms. The summed E-state index contributed by atoms with van der Waals surface area (Å²) in [6, 6.07) is 5.41. The Kier molecular flexibility index (Phi) is 3.38. The molecule has 19 heavy (non-hydrogen) atoms. The molecule has 1 fully saturated rings. The highest BCUT2D eigenvalue weighted by Crippen LogP contribution is 2.30. The monoisotopic (exact) mass is 277 g/mol. The Balaban J connectivity index is 1.90. The van der Waals surface area contributed by atoms with Crippen LogP contribution in [0.1, 0.15) is 25.7 Å². The molecule has 6 heteroatoms. The van der Waals surface area contributed by atoms with Crippen molar-refractivity contribution < 1.29 is 0 Å². The van der Waals surface area contributed by atoms with Gasteiger partial charge in [-0.1, -0.05) is 24.4 Å². The molecule has 100 valence electrons. The van der Waals surface area contributed by atoms with Crippen LogP contribution >= 0.6 is 11.6 Å². The van der Waals surface area contributed by atoms with Crippen molar-refractivity contribution >= 4 is 17.3 Å². The van der Waals surface area contributed by atoms with Gasteiger partial charge in [0.2, 0.25) is 0 Å². The lowest BCUT2D eigenvalue weighted by Gasteiger charge is -2.11. The van der Waals surface area contributed by atoms with E-state index in [1.165, 1.54) is 25.7 Å². The molecule has 0 unspecified atom stereocenters. The summed E-state index contributed by atoms with van der Waals surface area (Å²) in [6.07, 6.45) is 5.14. The lowest BCUT2D eigenvalue weighted by molar-refractivity contribution is 0.424. The van der Waals surface area contributed by atoms with Gasteiger partial charge in [-0.25, -0.2) is 4.68 Å². The molecule has 1 heterocycles. The zero-order valence-corrected chi connectivity index (χ0v) is 11.3. The van der Waals surface area contributed by atoms with Crippen LogP contribution < -0.4 is 5.73 Å². The normalized spacial score (nSPS) is 16.1. The van der Waals surface area contributed by atoms with E-state index in [9.17, 15) is 0 Å². The average Bonchev–Trinajstić information content (AvgIpc) is 3.02. The summed E-state index contributed by atoms with van der Waals surface area (Å²) in [5.41, 5.74) is 7.18. The molecule has 1 aromatic heterocycles. The number of nitrogen functional groups attached to an aromatic ring is 1. The topological polar surface area (TPSA) is 69.6 Å². The second-order valence-electron chi connectivity index (χ2n) is 5.07. The second kappa shape index (κ2) is 5.17.